The molecule has 1 N–H and O–H groups in total. The van der Waals surface area contributed by atoms with Crippen LogP contribution in [0.25, 0.3) is 0 Å². The molecule has 0 radical (unpaired) electrons. The molecule has 0 fully saturated rings. The van der Waals surface area contributed by atoms with Crippen molar-refractivity contribution in [2.75, 3.05) is 13.7 Å². The first kappa shape index (κ1) is 19.0. The molecule has 0 saturated carbocycles. The molecule has 5 heteroatoms. The minimum Gasteiger partial charge on any atom is -0.497 e. The molecule has 5 nitrogen and oxygen atoms in total. The van der Waals surface area contributed by atoms with Crippen molar-refractivity contribution >= 4 is 11.8 Å². The average molecular weight is 320 g/mol. The monoisotopic (exact) mass is 320 g/mol. The van der Waals surface area contributed by atoms with Crippen LogP contribution in [0.5, 0.6) is 5.75 Å². The summed E-state index contributed by atoms with van der Waals surface area (Å²) in [5, 5.41) is 2.89. The van der Waals surface area contributed by atoms with Gasteiger partial charge in [-0.1, -0.05) is 32.4 Å². The van der Waals surface area contributed by atoms with Crippen molar-refractivity contribution in [1.82, 2.24) is 10.2 Å². The molecule has 1 rings (SSSR count). The van der Waals surface area contributed by atoms with E-state index in [1.165, 1.54) is 0 Å². The predicted molar refractivity (Wildman–Crippen MR) is 91.2 cm³/mol. The first-order chi connectivity index (χ1) is 11.0. The molecule has 0 aromatic heterocycles. The van der Waals surface area contributed by atoms with Gasteiger partial charge in [-0.05, 0) is 31.0 Å². The fraction of sp³-hybridized carbons (Fsp3) is 0.556. The molecule has 0 aliphatic heterocycles. The lowest BCUT2D eigenvalue weighted by molar-refractivity contribution is -0.140. The van der Waals surface area contributed by atoms with Gasteiger partial charge in [0.2, 0.25) is 11.8 Å². The molecule has 1 aromatic rings. The van der Waals surface area contributed by atoms with Crippen LogP contribution >= 0.6 is 0 Å². The maximum Gasteiger partial charge on any atom is 0.242 e. The fourth-order valence-electron chi connectivity index (χ4n) is 2.29. The summed E-state index contributed by atoms with van der Waals surface area (Å²) in [5.41, 5.74) is 0.944. The van der Waals surface area contributed by atoms with Gasteiger partial charge in [0.05, 0.1) is 7.11 Å². The lowest BCUT2D eigenvalue weighted by Gasteiger charge is -2.28. The fourth-order valence-corrected chi connectivity index (χ4v) is 2.29. The van der Waals surface area contributed by atoms with Gasteiger partial charge in [-0.15, -0.1) is 0 Å². The Kier molecular flexibility index (Phi) is 8.16. The normalized spacial score (nSPS) is 11.7. The summed E-state index contributed by atoms with van der Waals surface area (Å²) < 4.78 is 5.21. The van der Waals surface area contributed by atoms with Crippen LogP contribution in [0.3, 0.4) is 0 Å². The number of rotatable bonds is 9. The van der Waals surface area contributed by atoms with Crippen LogP contribution in [0.15, 0.2) is 24.3 Å². The Morgan fingerprint density at radius 2 is 2.04 bits per heavy atom. The molecule has 1 atom stereocenters. The quantitative estimate of drug-likeness (QED) is 0.712. The van der Waals surface area contributed by atoms with Crippen molar-refractivity contribution < 1.29 is 14.3 Å². The topological polar surface area (TPSA) is 58.6 Å². The summed E-state index contributed by atoms with van der Waals surface area (Å²) >= 11 is 0. The zero-order valence-corrected chi connectivity index (χ0v) is 14.6. The Bertz CT molecular complexity index is 517. The molecule has 23 heavy (non-hydrogen) atoms. The van der Waals surface area contributed by atoms with Gasteiger partial charge >= 0.3 is 0 Å². The first-order valence-electron chi connectivity index (χ1n) is 8.23. The van der Waals surface area contributed by atoms with Gasteiger partial charge in [0, 0.05) is 19.5 Å². The summed E-state index contributed by atoms with van der Waals surface area (Å²) in [7, 11) is 1.61. The number of nitrogens with zero attached hydrogens (tertiary/aromatic N) is 1. The number of amides is 2. The summed E-state index contributed by atoms with van der Waals surface area (Å²) in [5.74, 6) is 0.598. The largest absolute Gasteiger partial charge is 0.497 e. The molecule has 1 aromatic carbocycles. The highest BCUT2D eigenvalue weighted by atomic mass is 16.5. The van der Waals surface area contributed by atoms with Crippen LogP contribution < -0.4 is 10.1 Å². The number of carbonyl (C=O) groups is 2. The smallest absolute Gasteiger partial charge is 0.242 e. The predicted octanol–water partition coefficient (Wildman–Crippen LogP) is 2.74. The zero-order chi connectivity index (χ0) is 17.2. The molecular weight excluding hydrogens is 292 g/mol. The van der Waals surface area contributed by atoms with Gasteiger partial charge in [0.15, 0.2) is 0 Å². The lowest BCUT2D eigenvalue weighted by Crippen LogP contribution is -2.47. The number of hydrogen-bond donors (Lipinski definition) is 1. The maximum atomic E-state index is 12.3. The molecule has 0 aliphatic carbocycles. The van der Waals surface area contributed by atoms with E-state index in [9.17, 15) is 9.59 Å². The van der Waals surface area contributed by atoms with Crippen molar-refractivity contribution in [1.29, 1.82) is 0 Å². The SMILES string of the molecule is CCCCNC(=O)C(C)N(Cc1cccc(OC)c1)C(=O)CC. The second kappa shape index (κ2) is 9.87. The third-order valence-corrected chi connectivity index (χ3v) is 3.79. The average Bonchev–Trinajstić information content (AvgIpc) is 2.58. The van der Waals surface area contributed by atoms with Gasteiger partial charge in [-0.3, -0.25) is 9.59 Å². The van der Waals surface area contributed by atoms with Gasteiger partial charge in [0.1, 0.15) is 11.8 Å². The van der Waals surface area contributed by atoms with Crippen LogP contribution in [0.4, 0.5) is 0 Å². The van der Waals surface area contributed by atoms with E-state index in [-0.39, 0.29) is 11.8 Å². The lowest BCUT2D eigenvalue weighted by atomic mass is 10.1. The molecule has 2 amide bonds. The molecule has 0 heterocycles. The third-order valence-electron chi connectivity index (χ3n) is 3.79. The Hall–Kier alpha value is -2.04. The molecular formula is C18H28N2O3. The van der Waals surface area contributed by atoms with Crippen molar-refractivity contribution in [3.63, 3.8) is 0 Å². The molecule has 0 saturated heterocycles. The Balaban J connectivity index is 2.82. The first-order valence-corrected chi connectivity index (χ1v) is 8.23. The van der Waals surface area contributed by atoms with E-state index in [4.69, 9.17) is 4.74 Å². The summed E-state index contributed by atoms with van der Waals surface area (Å²) in [6.45, 7) is 6.70. The molecule has 0 bridgehead atoms. The Morgan fingerprint density at radius 3 is 2.65 bits per heavy atom. The van der Waals surface area contributed by atoms with Crippen LogP contribution in [-0.2, 0) is 16.1 Å². The Morgan fingerprint density at radius 1 is 1.30 bits per heavy atom. The van der Waals surface area contributed by atoms with Gasteiger partial charge < -0.3 is 15.0 Å². The number of methoxy groups -OCH3 is 1. The van der Waals surface area contributed by atoms with E-state index in [2.05, 4.69) is 12.2 Å². The number of hydrogen-bond acceptors (Lipinski definition) is 3. The number of unbranched alkanes of at least 4 members (excludes halogenated alkanes) is 1. The van der Waals surface area contributed by atoms with Crippen molar-refractivity contribution in [2.24, 2.45) is 0 Å². The zero-order valence-electron chi connectivity index (χ0n) is 14.6. The van der Waals surface area contributed by atoms with Crippen LogP contribution in [0.2, 0.25) is 0 Å². The molecule has 1 unspecified atom stereocenters. The molecule has 0 aliphatic rings. The standard InChI is InChI=1S/C18H28N2O3/c1-5-7-11-19-18(22)14(3)20(17(21)6-2)13-15-9-8-10-16(12-15)23-4/h8-10,12,14H,5-7,11,13H2,1-4H3,(H,19,22). The van der Waals surface area contributed by atoms with Crippen LogP contribution in [-0.4, -0.2) is 36.4 Å². The minimum atomic E-state index is -0.495. The van der Waals surface area contributed by atoms with E-state index in [1.807, 2.05) is 31.2 Å². The third kappa shape index (κ3) is 5.93. The van der Waals surface area contributed by atoms with Crippen molar-refractivity contribution in [3.05, 3.63) is 29.8 Å². The number of ether oxygens (including phenoxy) is 1. The van der Waals surface area contributed by atoms with Crippen LogP contribution in [0, 0.1) is 0 Å². The Labute approximate surface area is 139 Å². The van der Waals surface area contributed by atoms with E-state index < -0.39 is 6.04 Å². The van der Waals surface area contributed by atoms with Gasteiger partial charge in [0.25, 0.3) is 0 Å². The van der Waals surface area contributed by atoms with Gasteiger partial charge in [-0.2, -0.15) is 0 Å². The van der Waals surface area contributed by atoms with Gasteiger partial charge in [-0.25, -0.2) is 0 Å². The summed E-state index contributed by atoms with van der Waals surface area (Å²) in [6, 6.07) is 7.06. The van der Waals surface area contributed by atoms with E-state index in [1.54, 1.807) is 18.9 Å². The number of carbonyl (C=O) groups excluding carboxylic acids is 2. The maximum absolute atomic E-state index is 12.3. The molecule has 0 spiro atoms. The van der Waals surface area contributed by atoms with Crippen molar-refractivity contribution in [3.8, 4) is 5.75 Å². The van der Waals surface area contributed by atoms with E-state index in [0.717, 1.165) is 24.2 Å². The highest BCUT2D eigenvalue weighted by Gasteiger charge is 2.24. The second-order valence-electron chi connectivity index (χ2n) is 5.55. The number of nitrogens with one attached hydrogen (secondary N) is 1. The van der Waals surface area contributed by atoms with E-state index in [0.29, 0.717) is 19.5 Å². The minimum absolute atomic E-state index is 0.0361. The number of benzene rings is 1. The summed E-state index contributed by atoms with van der Waals surface area (Å²) in [4.78, 5) is 26.1. The van der Waals surface area contributed by atoms with Crippen molar-refractivity contribution in [2.45, 2.75) is 52.6 Å². The summed E-state index contributed by atoms with van der Waals surface area (Å²) in [6.07, 6.45) is 2.34. The molecule has 128 valence electrons. The highest BCUT2D eigenvalue weighted by Crippen LogP contribution is 2.16. The van der Waals surface area contributed by atoms with E-state index >= 15 is 0 Å². The van der Waals surface area contributed by atoms with Crippen LogP contribution in [0.1, 0.15) is 45.6 Å². The highest BCUT2D eigenvalue weighted by molar-refractivity contribution is 5.87. The second-order valence-corrected chi connectivity index (χ2v) is 5.55.